The minimum atomic E-state index is -0.190. The molecule has 0 aliphatic heterocycles. The van der Waals surface area contributed by atoms with Gasteiger partial charge in [0, 0.05) is 18.2 Å². The molecule has 17 heavy (non-hydrogen) atoms. The van der Waals surface area contributed by atoms with Gasteiger partial charge in [-0.25, -0.2) is 4.39 Å². The van der Waals surface area contributed by atoms with E-state index in [4.69, 9.17) is 4.42 Å². The molecule has 0 radical (unpaired) electrons. The Balaban J connectivity index is 1.89. The molecule has 3 rings (SSSR count). The van der Waals surface area contributed by atoms with Crippen LogP contribution in [0.5, 0.6) is 0 Å². The van der Waals surface area contributed by atoms with Gasteiger partial charge >= 0.3 is 0 Å². The van der Waals surface area contributed by atoms with E-state index in [-0.39, 0.29) is 5.82 Å². The van der Waals surface area contributed by atoms with Gasteiger partial charge in [-0.05, 0) is 42.2 Å². The van der Waals surface area contributed by atoms with Crippen LogP contribution in [0, 0.1) is 5.82 Å². The van der Waals surface area contributed by atoms with E-state index in [0.717, 1.165) is 16.7 Å². The average molecular weight is 231 g/mol. The number of benzene rings is 1. The van der Waals surface area contributed by atoms with Gasteiger partial charge in [-0.3, -0.25) is 0 Å². The Kier molecular flexibility index (Phi) is 2.69. The van der Waals surface area contributed by atoms with Gasteiger partial charge in [0.1, 0.15) is 5.82 Å². The third-order valence-corrected chi connectivity index (χ3v) is 3.06. The Bertz CT molecular complexity index is 503. The summed E-state index contributed by atoms with van der Waals surface area (Å²) in [5.41, 5.74) is 3.02. The van der Waals surface area contributed by atoms with Crippen molar-refractivity contribution in [2.24, 2.45) is 0 Å². The van der Waals surface area contributed by atoms with Gasteiger partial charge in [-0.1, -0.05) is 6.07 Å². The molecule has 1 aliphatic carbocycles. The SMILES string of the molecule is Fc1ccc(-c2ccoc2)c(CNC2CC2)c1. The number of hydrogen-bond donors (Lipinski definition) is 1. The van der Waals surface area contributed by atoms with Crippen LogP contribution >= 0.6 is 0 Å². The summed E-state index contributed by atoms with van der Waals surface area (Å²) in [7, 11) is 0. The summed E-state index contributed by atoms with van der Waals surface area (Å²) >= 11 is 0. The maximum atomic E-state index is 13.3. The lowest BCUT2D eigenvalue weighted by molar-refractivity contribution is 0.568. The van der Waals surface area contributed by atoms with Crippen molar-refractivity contribution in [2.45, 2.75) is 25.4 Å². The Hall–Kier alpha value is -1.61. The van der Waals surface area contributed by atoms with Crippen LogP contribution in [0.1, 0.15) is 18.4 Å². The molecule has 0 amide bonds. The van der Waals surface area contributed by atoms with Gasteiger partial charge in [0.2, 0.25) is 0 Å². The van der Waals surface area contributed by atoms with Crippen LogP contribution in [0.25, 0.3) is 11.1 Å². The second-order valence-corrected chi connectivity index (χ2v) is 4.47. The van der Waals surface area contributed by atoms with Crippen LogP contribution in [-0.4, -0.2) is 6.04 Å². The van der Waals surface area contributed by atoms with Crippen molar-refractivity contribution in [3.05, 3.63) is 48.2 Å². The third kappa shape index (κ3) is 2.39. The number of furan rings is 1. The number of nitrogens with one attached hydrogen (secondary N) is 1. The van der Waals surface area contributed by atoms with E-state index in [1.807, 2.05) is 12.1 Å². The molecule has 1 aliphatic rings. The van der Waals surface area contributed by atoms with Crippen molar-refractivity contribution in [1.29, 1.82) is 0 Å². The van der Waals surface area contributed by atoms with Crippen LogP contribution in [0.2, 0.25) is 0 Å². The predicted molar refractivity (Wildman–Crippen MR) is 64.0 cm³/mol. The molecule has 0 atom stereocenters. The summed E-state index contributed by atoms with van der Waals surface area (Å²) in [5.74, 6) is -0.190. The van der Waals surface area contributed by atoms with E-state index in [0.29, 0.717) is 12.6 Å². The lowest BCUT2D eigenvalue weighted by atomic mass is 10.0. The highest BCUT2D eigenvalue weighted by Gasteiger charge is 2.20. The summed E-state index contributed by atoms with van der Waals surface area (Å²) in [5, 5.41) is 3.41. The molecule has 88 valence electrons. The molecule has 2 nitrogen and oxygen atoms in total. The normalized spacial score (nSPS) is 15.1. The second kappa shape index (κ2) is 4.34. The fourth-order valence-corrected chi connectivity index (χ4v) is 1.95. The average Bonchev–Trinajstić information content (AvgIpc) is 3.00. The minimum absolute atomic E-state index is 0.190. The first kappa shape index (κ1) is 10.5. The molecule has 0 bridgehead atoms. The Morgan fingerprint density at radius 2 is 2.18 bits per heavy atom. The Morgan fingerprint density at radius 1 is 1.29 bits per heavy atom. The van der Waals surface area contributed by atoms with E-state index < -0.39 is 0 Å². The molecule has 1 N–H and O–H groups in total. The Labute approximate surface area is 99.5 Å². The fraction of sp³-hybridized carbons (Fsp3) is 0.286. The van der Waals surface area contributed by atoms with Crippen LogP contribution in [-0.2, 0) is 6.54 Å². The standard InChI is InChI=1S/C14H14FNO/c15-12-1-4-14(10-5-6-17-9-10)11(7-12)8-16-13-2-3-13/h1,4-7,9,13,16H,2-3,8H2. The van der Waals surface area contributed by atoms with Gasteiger partial charge in [0.25, 0.3) is 0 Å². The van der Waals surface area contributed by atoms with Crippen molar-refractivity contribution in [1.82, 2.24) is 5.32 Å². The highest BCUT2D eigenvalue weighted by atomic mass is 19.1. The van der Waals surface area contributed by atoms with E-state index in [9.17, 15) is 4.39 Å². The highest BCUT2D eigenvalue weighted by molar-refractivity contribution is 5.66. The van der Waals surface area contributed by atoms with Gasteiger partial charge in [0.05, 0.1) is 12.5 Å². The second-order valence-electron chi connectivity index (χ2n) is 4.47. The Morgan fingerprint density at radius 3 is 2.88 bits per heavy atom. The van der Waals surface area contributed by atoms with Crippen LogP contribution in [0.3, 0.4) is 0 Å². The molecule has 3 heteroatoms. The predicted octanol–water partition coefficient (Wildman–Crippen LogP) is 3.34. The summed E-state index contributed by atoms with van der Waals surface area (Å²) in [6.07, 6.45) is 5.79. The summed E-state index contributed by atoms with van der Waals surface area (Å²) < 4.78 is 18.4. The fourth-order valence-electron chi connectivity index (χ4n) is 1.95. The smallest absolute Gasteiger partial charge is 0.123 e. The lowest BCUT2D eigenvalue weighted by Crippen LogP contribution is -2.16. The third-order valence-electron chi connectivity index (χ3n) is 3.06. The molecular weight excluding hydrogens is 217 g/mol. The largest absolute Gasteiger partial charge is 0.472 e. The molecule has 0 spiro atoms. The first-order valence-electron chi connectivity index (χ1n) is 5.87. The van der Waals surface area contributed by atoms with Crippen molar-refractivity contribution in [3.8, 4) is 11.1 Å². The first-order chi connectivity index (χ1) is 8.33. The van der Waals surface area contributed by atoms with E-state index >= 15 is 0 Å². The van der Waals surface area contributed by atoms with Gasteiger partial charge in [-0.2, -0.15) is 0 Å². The minimum Gasteiger partial charge on any atom is -0.472 e. The maximum absolute atomic E-state index is 13.3. The zero-order valence-electron chi connectivity index (χ0n) is 9.45. The zero-order valence-corrected chi connectivity index (χ0v) is 9.45. The molecule has 1 aromatic carbocycles. The topological polar surface area (TPSA) is 25.2 Å². The summed E-state index contributed by atoms with van der Waals surface area (Å²) in [4.78, 5) is 0. The molecule has 1 heterocycles. The molecule has 1 fully saturated rings. The maximum Gasteiger partial charge on any atom is 0.123 e. The molecule has 0 unspecified atom stereocenters. The molecule has 1 saturated carbocycles. The van der Waals surface area contributed by atoms with Crippen LogP contribution < -0.4 is 5.32 Å². The van der Waals surface area contributed by atoms with Crippen molar-refractivity contribution in [2.75, 3.05) is 0 Å². The summed E-state index contributed by atoms with van der Waals surface area (Å²) in [6.45, 7) is 0.711. The monoisotopic (exact) mass is 231 g/mol. The highest BCUT2D eigenvalue weighted by Crippen LogP contribution is 2.26. The van der Waals surface area contributed by atoms with Crippen LogP contribution in [0.15, 0.2) is 41.2 Å². The number of hydrogen-bond acceptors (Lipinski definition) is 2. The van der Waals surface area contributed by atoms with Crippen LogP contribution in [0.4, 0.5) is 4.39 Å². The first-order valence-corrected chi connectivity index (χ1v) is 5.87. The van der Waals surface area contributed by atoms with Gasteiger partial charge in [-0.15, -0.1) is 0 Å². The van der Waals surface area contributed by atoms with E-state index in [1.165, 1.54) is 18.9 Å². The van der Waals surface area contributed by atoms with E-state index in [1.54, 1.807) is 18.6 Å². The number of halogens is 1. The zero-order chi connectivity index (χ0) is 11.7. The van der Waals surface area contributed by atoms with E-state index in [2.05, 4.69) is 5.32 Å². The number of rotatable bonds is 4. The summed E-state index contributed by atoms with van der Waals surface area (Å²) in [6, 6.07) is 7.41. The molecule has 2 aromatic rings. The molecule has 1 aromatic heterocycles. The molecule has 0 saturated heterocycles. The van der Waals surface area contributed by atoms with Gasteiger partial charge in [0.15, 0.2) is 0 Å². The van der Waals surface area contributed by atoms with Gasteiger partial charge < -0.3 is 9.73 Å². The lowest BCUT2D eigenvalue weighted by Gasteiger charge is -2.09. The van der Waals surface area contributed by atoms with Crippen molar-refractivity contribution < 1.29 is 8.81 Å². The van der Waals surface area contributed by atoms with Crippen molar-refractivity contribution in [3.63, 3.8) is 0 Å². The quantitative estimate of drug-likeness (QED) is 0.873. The van der Waals surface area contributed by atoms with Crippen molar-refractivity contribution >= 4 is 0 Å². The molecular formula is C14H14FNO.